The summed E-state index contributed by atoms with van der Waals surface area (Å²) < 4.78 is 0. The van der Waals surface area contributed by atoms with E-state index in [-0.39, 0.29) is 0 Å². The Kier molecular flexibility index (Phi) is 2.99. The highest BCUT2D eigenvalue weighted by molar-refractivity contribution is 6.68. The SMILES string of the molecule is Cc1cc(C)c(C(=O)Cl)c(C)c1Cl. The number of hydrogen-bond acceptors (Lipinski definition) is 1. The van der Waals surface area contributed by atoms with Crippen LogP contribution in [-0.2, 0) is 0 Å². The Labute approximate surface area is 87.7 Å². The van der Waals surface area contributed by atoms with Crippen molar-refractivity contribution in [3.05, 3.63) is 33.3 Å². The van der Waals surface area contributed by atoms with E-state index in [1.165, 1.54) is 0 Å². The third kappa shape index (κ3) is 1.87. The minimum Gasteiger partial charge on any atom is -0.276 e. The summed E-state index contributed by atoms with van der Waals surface area (Å²) in [6, 6.07) is 1.87. The van der Waals surface area contributed by atoms with Gasteiger partial charge in [0.2, 0.25) is 0 Å². The highest BCUT2D eigenvalue weighted by Crippen LogP contribution is 2.27. The molecule has 0 fully saturated rings. The van der Waals surface area contributed by atoms with Crippen LogP contribution in [0.15, 0.2) is 6.07 Å². The first-order valence-corrected chi connectivity index (χ1v) is 4.67. The molecule has 0 spiro atoms. The van der Waals surface area contributed by atoms with Gasteiger partial charge in [0, 0.05) is 10.6 Å². The lowest BCUT2D eigenvalue weighted by Crippen LogP contribution is -1.99. The molecular formula is C10H10Cl2O. The molecule has 0 amide bonds. The molecule has 70 valence electrons. The van der Waals surface area contributed by atoms with Crippen LogP contribution in [0.25, 0.3) is 0 Å². The number of rotatable bonds is 1. The molecule has 0 saturated carbocycles. The molecule has 3 heteroatoms. The van der Waals surface area contributed by atoms with Crippen molar-refractivity contribution in [2.24, 2.45) is 0 Å². The molecule has 0 atom stereocenters. The van der Waals surface area contributed by atoms with Crippen LogP contribution in [-0.4, -0.2) is 5.24 Å². The Bertz CT molecular complexity index is 370. The fraction of sp³-hybridized carbons (Fsp3) is 0.300. The van der Waals surface area contributed by atoms with E-state index in [1.807, 2.05) is 19.9 Å². The number of aryl methyl sites for hydroxylation is 2. The molecule has 0 N–H and O–H groups in total. The lowest BCUT2D eigenvalue weighted by atomic mass is 10.0. The lowest BCUT2D eigenvalue weighted by molar-refractivity contribution is 0.108. The molecule has 0 aliphatic carbocycles. The van der Waals surface area contributed by atoms with E-state index >= 15 is 0 Å². The van der Waals surface area contributed by atoms with Gasteiger partial charge in [-0.1, -0.05) is 17.7 Å². The monoisotopic (exact) mass is 216 g/mol. The topological polar surface area (TPSA) is 17.1 Å². The molecule has 0 saturated heterocycles. The smallest absolute Gasteiger partial charge is 0.252 e. The molecule has 0 unspecified atom stereocenters. The van der Waals surface area contributed by atoms with Crippen LogP contribution in [0.2, 0.25) is 5.02 Å². The summed E-state index contributed by atoms with van der Waals surface area (Å²) in [4.78, 5) is 11.1. The average molecular weight is 217 g/mol. The summed E-state index contributed by atoms with van der Waals surface area (Å²) in [5.74, 6) is 0. The molecule has 0 radical (unpaired) electrons. The van der Waals surface area contributed by atoms with E-state index < -0.39 is 5.24 Å². The van der Waals surface area contributed by atoms with Crippen molar-refractivity contribution < 1.29 is 4.79 Å². The first-order chi connectivity index (χ1) is 5.95. The predicted octanol–water partition coefficient (Wildman–Crippen LogP) is 3.64. The molecule has 1 rings (SSSR count). The summed E-state index contributed by atoms with van der Waals surface area (Å²) in [6.45, 7) is 5.56. The van der Waals surface area contributed by atoms with Crippen molar-refractivity contribution in [2.75, 3.05) is 0 Å². The minimum atomic E-state index is -0.447. The third-order valence-corrected chi connectivity index (χ3v) is 2.84. The number of halogens is 2. The Morgan fingerprint density at radius 2 is 1.77 bits per heavy atom. The zero-order valence-corrected chi connectivity index (χ0v) is 9.25. The van der Waals surface area contributed by atoms with Crippen LogP contribution in [0.1, 0.15) is 27.0 Å². The van der Waals surface area contributed by atoms with Crippen molar-refractivity contribution in [2.45, 2.75) is 20.8 Å². The van der Waals surface area contributed by atoms with Crippen molar-refractivity contribution in [3.8, 4) is 0 Å². The zero-order chi connectivity index (χ0) is 10.2. The van der Waals surface area contributed by atoms with Gasteiger partial charge in [-0.05, 0) is 49.1 Å². The van der Waals surface area contributed by atoms with Gasteiger partial charge in [0.15, 0.2) is 0 Å². The van der Waals surface area contributed by atoms with Gasteiger partial charge in [-0.25, -0.2) is 0 Å². The third-order valence-electron chi connectivity index (χ3n) is 2.07. The van der Waals surface area contributed by atoms with E-state index in [4.69, 9.17) is 23.2 Å². The van der Waals surface area contributed by atoms with E-state index in [0.29, 0.717) is 10.6 Å². The lowest BCUT2D eigenvalue weighted by Gasteiger charge is -2.09. The van der Waals surface area contributed by atoms with E-state index in [9.17, 15) is 4.79 Å². The Balaban J connectivity index is 3.53. The maximum absolute atomic E-state index is 11.1. The van der Waals surface area contributed by atoms with Crippen LogP contribution < -0.4 is 0 Å². The van der Waals surface area contributed by atoms with Crippen molar-refractivity contribution in [3.63, 3.8) is 0 Å². The molecule has 13 heavy (non-hydrogen) atoms. The van der Waals surface area contributed by atoms with Crippen molar-refractivity contribution in [1.29, 1.82) is 0 Å². The van der Waals surface area contributed by atoms with Gasteiger partial charge in [0.1, 0.15) is 0 Å². The molecule has 0 bridgehead atoms. The molecule has 0 aliphatic rings. The fourth-order valence-corrected chi connectivity index (χ4v) is 1.90. The van der Waals surface area contributed by atoms with Crippen LogP contribution in [0.3, 0.4) is 0 Å². The van der Waals surface area contributed by atoms with Gasteiger partial charge < -0.3 is 0 Å². The second-order valence-corrected chi connectivity index (χ2v) is 3.82. The van der Waals surface area contributed by atoms with Crippen molar-refractivity contribution in [1.82, 2.24) is 0 Å². The molecule has 1 nitrogen and oxygen atoms in total. The maximum atomic E-state index is 11.1. The first-order valence-electron chi connectivity index (χ1n) is 3.91. The van der Waals surface area contributed by atoms with Gasteiger partial charge in [-0.2, -0.15) is 0 Å². The summed E-state index contributed by atoms with van der Waals surface area (Å²) in [5, 5.41) is 0.173. The van der Waals surface area contributed by atoms with Gasteiger partial charge in [0.25, 0.3) is 5.24 Å². The van der Waals surface area contributed by atoms with Crippen LogP contribution >= 0.6 is 23.2 Å². The fourth-order valence-electron chi connectivity index (χ4n) is 1.46. The predicted molar refractivity (Wildman–Crippen MR) is 55.8 cm³/mol. The zero-order valence-electron chi connectivity index (χ0n) is 7.74. The van der Waals surface area contributed by atoms with Gasteiger partial charge in [-0.15, -0.1) is 0 Å². The molecular weight excluding hydrogens is 207 g/mol. The van der Waals surface area contributed by atoms with E-state index in [1.54, 1.807) is 6.92 Å². The Morgan fingerprint density at radius 1 is 1.23 bits per heavy atom. The van der Waals surface area contributed by atoms with E-state index in [2.05, 4.69) is 0 Å². The number of carbonyl (C=O) groups is 1. The van der Waals surface area contributed by atoms with Gasteiger partial charge in [-0.3, -0.25) is 4.79 Å². The van der Waals surface area contributed by atoms with Gasteiger partial charge >= 0.3 is 0 Å². The number of carbonyl (C=O) groups excluding carboxylic acids is 1. The molecule has 0 aromatic heterocycles. The summed E-state index contributed by atoms with van der Waals surface area (Å²) in [5.41, 5.74) is 3.13. The summed E-state index contributed by atoms with van der Waals surface area (Å²) >= 11 is 11.4. The molecule has 0 aliphatic heterocycles. The normalized spacial score (nSPS) is 10.2. The average Bonchev–Trinajstić information content (AvgIpc) is 1.99. The molecule has 1 aromatic carbocycles. The first kappa shape index (κ1) is 10.6. The number of benzene rings is 1. The maximum Gasteiger partial charge on any atom is 0.252 e. The van der Waals surface area contributed by atoms with Crippen molar-refractivity contribution >= 4 is 28.4 Å². The second kappa shape index (κ2) is 3.69. The van der Waals surface area contributed by atoms with E-state index in [0.717, 1.165) is 16.7 Å². The Hall–Kier alpha value is -0.530. The minimum absolute atomic E-state index is 0.447. The van der Waals surface area contributed by atoms with Gasteiger partial charge in [0.05, 0.1) is 0 Å². The highest BCUT2D eigenvalue weighted by Gasteiger charge is 2.13. The largest absolute Gasteiger partial charge is 0.276 e. The second-order valence-electron chi connectivity index (χ2n) is 3.10. The summed E-state index contributed by atoms with van der Waals surface area (Å²) in [6.07, 6.45) is 0. The highest BCUT2D eigenvalue weighted by atomic mass is 35.5. The summed E-state index contributed by atoms with van der Waals surface area (Å²) in [7, 11) is 0. The quantitative estimate of drug-likeness (QED) is 0.656. The van der Waals surface area contributed by atoms with Crippen LogP contribution in [0.5, 0.6) is 0 Å². The Morgan fingerprint density at radius 3 is 2.23 bits per heavy atom. The number of hydrogen-bond donors (Lipinski definition) is 0. The van der Waals surface area contributed by atoms with Crippen LogP contribution in [0.4, 0.5) is 0 Å². The van der Waals surface area contributed by atoms with Crippen LogP contribution in [0, 0.1) is 20.8 Å². The standard InChI is InChI=1S/C10H10Cl2O/c1-5-4-6(2)9(11)7(3)8(5)10(12)13/h4H,1-3H3. The molecule has 0 heterocycles. The molecule has 1 aromatic rings.